The third kappa shape index (κ3) is 5.18. The van der Waals surface area contributed by atoms with E-state index in [-0.39, 0.29) is 5.91 Å². The summed E-state index contributed by atoms with van der Waals surface area (Å²) in [4.78, 5) is 10.5. The van der Waals surface area contributed by atoms with Crippen molar-refractivity contribution in [2.75, 3.05) is 6.54 Å². The van der Waals surface area contributed by atoms with E-state index in [4.69, 9.17) is 5.73 Å². The van der Waals surface area contributed by atoms with E-state index in [9.17, 15) is 4.79 Å². The fourth-order valence-electron chi connectivity index (χ4n) is 1.33. The largest absolute Gasteiger partial charge is 0.370 e. The van der Waals surface area contributed by atoms with Crippen molar-refractivity contribution < 1.29 is 4.79 Å². The average Bonchev–Trinajstić information content (AvgIpc) is 2.20. The lowest BCUT2D eigenvalue weighted by atomic mass is 10.1. The number of hydrogen-bond acceptors (Lipinski definition) is 2. The Kier molecular flexibility index (Phi) is 4.84. The highest BCUT2D eigenvalue weighted by atomic mass is 16.1. The highest BCUT2D eigenvalue weighted by Crippen LogP contribution is 2.02. The molecule has 0 radical (unpaired) electrons. The molecule has 15 heavy (non-hydrogen) atoms. The van der Waals surface area contributed by atoms with Crippen LogP contribution in [0.2, 0.25) is 0 Å². The molecule has 1 amide bonds. The van der Waals surface area contributed by atoms with Gasteiger partial charge in [-0.3, -0.25) is 4.79 Å². The first-order valence-corrected chi connectivity index (χ1v) is 5.23. The fraction of sp³-hybridized carbons (Fsp3) is 0.417. The van der Waals surface area contributed by atoms with Crippen molar-refractivity contribution in [2.24, 2.45) is 5.73 Å². The third-order valence-corrected chi connectivity index (χ3v) is 2.23. The van der Waals surface area contributed by atoms with E-state index in [0.29, 0.717) is 6.42 Å². The smallest absolute Gasteiger partial charge is 0.217 e. The van der Waals surface area contributed by atoms with Crippen LogP contribution >= 0.6 is 0 Å². The Balaban J connectivity index is 2.15. The molecule has 0 fully saturated rings. The van der Waals surface area contributed by atoms with Crippen LogP contribution in [0.5, 0.6) is 0 Å². The summed E-state index contributed by atoms with van der Waals surface area (Å²) in [7, 11) is 0. The number of benzene rings is 1. The predicted octanol–water partition coefficient (Wildman–Crippen LogP) is 1.35. The molecule has 1 aromatic rings. The Labute approximate surface area is 90.7 Å². The van der Waals surface area contributed by atoms with E-state index in [2.05, 4.69) is 36.5 Å². The van der Waals surface area contributed by atoms with Crippen LogP contribution in [0.4, 0.5) is 0 Å². The zero-order valence-corrected chi connectivity index (χ0v) is 9.12. The minimum Gasteiger partial charge on any atom is -0.370 e. The normalized spacial score (nSPS) is 10.2. The fourth-order valence-corrected chi connectivity index (χ4v) is 1.33. The second kappa shape index (κ2) is 6.19. The maximum atomic E-state index is 10.5. The molecule has 0 aliphatic heterocycles. The minimum absolute atomic E-state index is 0.230. The number of amides is 1. The molecule has 0 aliphatic carbocycles. The molecule has 1 rings (SSSR count). The Hall–Kier alpha value is -1.35. The molecule has 3 N–H and O–H groups in total. The van der Waals surface area contributed by atoms with Gasteiger partial charge in [-0.05, 0) is 25.5 Å². The zero-order valence-electron chi connectivity index (χ0n) is 9.12. The lowest BCUT2D eigenvalue weighted by Gasteiger charge is -2.04. The summed E-state index contributed by atoms with van der Waals surface area (Å²) in [6, 6.07) is 8.41. The molecule has 82 valence electrons. The number of nitrogens with two attached hydrogens (primary N) is 1. The number of primary amides is 1. The third-order valence-electron chi connectivity index (χ3n) is 2.23. The molecule has 0 spiro atoms. The predicted molar refractivity (Wildman–Crippen MR) is 61.3 cm³/mol. The molecule has 0 atom stereocenters. The van der Waals surface area contributed by atoms with Gasteiger partial charge in [0.05, 0.1) is 0 Å². The summed E-state index contributed by atoms with van der Waals surface area (Å²) >= 11 is 0. The van der Waals surface area contributed by atoms with Crippen molar-refractivity contribution in [3.8, 4) is 0 Å². The van der Waals surface area contributed by atoms with E-state index >= 15 is 0 Å². The first-order chi connectivity index (χ1) is 7.18. The Morgan fingerprint density at radius 1 is 1.33 bits per heavy atom. The Morgan fingerprint density at radius 3 is 2.60 bits per heavy atom. The second-order valence-electron chi connectivity index (χ2n) is 3.73. The van der Waals surface area contributed by atoms with E-state index in [0.717, 1.165) is 19.5 Å². The molecular weight excluding hydrogens is 188 g/mol. The standard InChI is InChI=1S/C12H18N2O/c1-10-4-6-11(7-5-10)9-14-8-2-3-12(13)15/h4-7,14H,2-3,8-9H2,1H3,(H2,13,15). The molecule has 0 aliphatic rings. The van der Waals surface area contributed by atoms with Crippen molar-refractivity contribution in [1.82, 2.24) is 5.32 Å². The van der Waals surface area contributed by atoms with Gasteiger partial charge in [0.1, 0.15) is 0 Å². The highest BCUT2D eigenvalue weighted by molar-refractivity contribution is 5.73. The maximum Gasteiger partial charge on any atom is 0.217 e. The van der Waals surface area contributed by atoms with Crippen LogP contribution in [-0.2, 0) is 11.3 Å². The van der Waals surface area contributed by atoms with Crippen LogP contribution in [0.25, 0.3) is 0 Å². The van der Waals surface area contributed by atoms with E-state index in [1.807, 2.05) is 0 Å². The van der Waals surface area contributed by atoms with Gasteiger partial charge in [-0.2, -0.15) is 0 Å². The molecule has 0 unspecified atom stereocenters. The summed E-state index contributed by atoms with van der Waals surface area (Å²) in [5.41, 5.74) is 7.57. The average molecular weight is 206 g/mol. The van der Waals surface area contributed by atoms with Crippen LogP contribution in [0.15, 0.2) is 24.3 Å². The van der Waals surface area contributed by atoms with Gasteiger partial charge in [-0.1, -0.05) is 29.8 Å². The van der Waals surface area contributed by atoms with E-state index in [1.165, 1.54) is 11.1 Å². The summed E-state index contributed by atoms with van der Waals surface area (Å²) in [6.07, 6.45) is 1.27. The molecule has 0 aromatic heterocycles. The molecule has 3 nitrogen and oxygen atoms in total. The van der Waals surface area contributed by atoms with Gasteiger partial charge in [-0.15, -0.1) is 0 Å². The van der Waals surface area contributed by atoms with Crippen LogP contribution < -0.4 is 11.1 Å². The quantitative estimate of drug-likeness (QED) is 0.690. The summed E-state index contributed by atoms with van der Waals surface area (Å²) < 4.78 is 0. The van der Waals surface area contributed by atoms with E-state index < -0.39 is 0 Å². The molecule has 0 saturated heterocycles. The highest BCUT2D eigenvalue weighted by Gasteiger charge is 1.94. The Morgan fingerprint density at radius 2 is 2.00 bits per heavy atom. The minimum atomic E-state index is -0.230. The first-order valence-electron chi connectivity index (χ1n) is 5.23. The van der Waals surface area contributed by atoms with Crippen molar-refractivity contribution in [1.29, 1.82) is 0 Å². The summed E-state index contributed by atoms with van der Waals surface area (Å²) in [6.45, 7) is 3.75. The lowest BCUT2D eigenvalue weighted by Crippen LogP contribution is -2.18. The molecule has 1 aromatic carbocycles. The number of nitrogens with one attached hydrogen (secondary N) is 1. The van der Waals surface area contributed by atoms with Gasteiger partial charge >= 0.3 is 0 Å². The number of rotatable bonds is 6. The van der Waals surface area contributed by atoms with Crippen LogP contribution in [-0.4, -0.2) is 12.5 Å². The van der Waals surface area contributed by atoms with Gasteiger partial charge in [-0.25, -0.2) is 0 Å². The van der Waals surface area contributed by atoms with Crippen LogP contribution in [0.1, 0.15) is 24.0 Å². The molecule has 0 heterocycles. The maximum absolute atomic E-state index is 10.5. The monoisotopic (exact) mass is 206 g/mol. The van der Waals surface area contributed by atoms with Crippen molar-refractivity contribution in [3.63, 3.8) is 0 Å². The number of hydrogen-bond donors (Lipinski definition) is 2. The second-order valence-corrected chi connectivity index (χ2v) is 3.73. The van der Waals surface area contributed by atoms with Crippen molar-refractivity contribution >= 4 is 5.91 Å². The van der Waals surface area contributed by atoms with Gasteiger partial charge < -0.3 is 11.1 Å². The van der Waals surface area contributed by atoms with Gasteiger partial charge in [0, 0.05) is 13.0 Å². The molecule has 3 heteroatoms. The van der Waals surface area contributed by atoms with Gasteiger partial charge in [0.2, 0.25) is 5.91 Å². The topological polar surface area (TPSA) is 55.1 Å². The Bertz CT molecular complexity index is 306. The summed E-state index contributed by atoms with van der Waals surface area (Å²) in [5, 5.41) is 3.27. The molecule has 0 saturated carbocycles. The van der Waals surface area contributed by atoms with Gasteiger partial charge in [0.15, 0.2) is 0 Å². The molecular formula is C12H18N2O. The van der Waals surface area contributed by atoms with Crippen LogP contribution in [0, 0.1) is 6.92 Å². The zero-order chi connectivity index (χ0) is 11.1. The molecule has 0 bridgehead atoms. The number of carbonyl (C=O) groups excluding carboxylic acids is 1. The summed E-state index contributed by atoms with van der Waals surface area (Å²) in [5.74, 6) is -0.230. The number of carbonyl (C=O) groups is 1. The van der Waals surface area contributed by atoms with Crippen molar-refractivity contribution in [3.05, 3.63) is 35.4 Å². The van der Waals surface area contributed by atoms with Crippen molar-refractivity contribution in [2.45, 2.75) is 26.3 Å². The first kappa shape index (κ1) is 11.7. The van der Waals surface area contributed by atoms with Gasteiger partial charge in [0.25, 0.3) is 0 Å². The SMILES string of the molecule is Cc1ccc(CNCCCC(N)=O)cc1. The lowest BCUT2D eigenvalue weighted by molar-refractivity contribution is -0.118. The number of aryl methyl sites for hydroxylation is 1. The van der Waals surface area contributed by atoms with Crippen LogP contribution in [0.3, 0.4) is 0 Å². The van der Waals surface area contributed by atoms with E-state index in [1.54, 1.807) is 0 Å².